The summed E-state index contributed by atoms with van der Waals surface area (Å²) in [5.41, 5.74) is 0.408. The summed E-state index contributed by atoms with van der Waals surface area (Å²) < 4.78 is 19.2. The van der Waals surface area contributed by atoms with Crippen LogP contribution in [0.1, 0.15) is 33.6 Å². The van der Waals surface area contributed by atoms with Crippen LogP contribution in [-0.2, 0) is 4.79 Å². The molecule has 2 N–H and O–H groups in total. The van der Waals surface area contributed by atoms with Crippen LogP contribution in [0.25, 0.3) is 0 Å². The molecule has 1 aliphatic rings. The Labute approximate surface area is 192 Å². The van der Waals surface area contributed by atoms with Crippen LogP contribution in [0.5, 0.6) is 5.75 Å². The smallest absolute Gasteiger partial charge is 0.256 e. The van der Waals surface area contributed by atoms with E-state index in [4.69, 9.17) is 4.74 Å². The van der Waals surface area contributed by atoms with Gasteiger partial charge in [0, 0.05) is 25.2 Å². The summed E-state index contributed by atoms with van der Waals surface area (Å²) in [6.07, 6.45) is 2.55. The molecule has 3 amide bonds. The van der Waals surface area contributed by atoms with E-state index < -0.39 is 17.8 Å². The maximum atomic E-state index is 14.0. The Kier molecular flexibility index (Phi) is 8.18. The van der Waals surface area contributed by atoms with Crippen LogP contribution in [0.2, 0.25) is 0 Å². The highest BCUT2D eigenvalue weighted by Crippen LogP contribution is 2.24. The Hall–Kier alpha value is -3.68. The molecule has 8 heteroatoms. The topological polar surface area (TPSA) is 87.7 Å². The first-order valence-corrected chi connectivity index (χ1v) is 10.8. The van der Waals surface area contributed by atoms with Crippen LogP contribution in [0, 0.1) is 11.7 Å². The maximum absolute atomic E-state index is 14.0. The van der Waals surface area contributed by atoms with Crippen molar-refractivity contribution < 1.29 is 23.5 Å². The Morgan fingerprint density at radius 2 is 1.91 bits per heavy atom. The molecule has 1 atom stereocenters. The molecule has 0 unspecified atom stereocenters. The first-order chi connectivity index (χ1) is 15.9. The van der Waals surface area contributed by atoms with Crippen molar-refractivity contribution in [3.8, 4) is 5.75 Å². The van der Waals surface area contributed by atoms with E-state index in [0.717, 1.165) is 0 Å². The summed E-state index contributed by atoms with van der Waals surface area (Å²) in [5, 5.41) is 5.59. The Bertz CT molecular complexity index is 1020. The molecule has 1 heterocycles. The number of ether oxygens (including phenoxy) is 1. The van der Waals surface area contributed by atoms with E-state index in [0.29, 0.717) is 37.2 Å². The van der Waals surface area contributed by atoms with Crippen molar-refractivity contribution in [1.82, 2.24) is 15.5 Å². The number of nitrogens with zero attached hydrogens (tertiary/aromatic N) is 1. The predicted molar refractivity (Wildman–Crippen MR) is 122 cm³/mol. The number of carbonyl (C=O) groups excluding carboxylic acids is 3. The molecule has 1 saturated heterocycles. The molecule has 33 heavy (non-hydrogen) atoms. The van der Waals surface area contributed by atoms with Crippen LogP contribution < -0.4 is 15.4 Å². The molecule has 3 rings (SSSR count). The van der Waals surface area contributed by atoms with Crippen molar-refractivity contribution in [3.05, 3.63) is 78.1 Å². The Balaban J connectivity index is 1.70. The lowest BCUT2D eigenvalue weighted by Crippen LogP contribution is -2.53. The molecule has 174 valence electrons. The van der Waals surface area contributed by atoms with Crippen LogP contribution in [0.3, 0.4) is 0 Å². The molecule has 2 aromatic rings. The first kappa shape index (κ1) is 24.0. The number of hydrogen-bond donors (Lipinski definition) is 2. The molecule has 0 radical (unpaired) electrons. The van der Waals surface area contributed by atoms with Gasteiger partial charge in [0.05, 0.1) is 12.7 Å². The molecular weight excluding hydrogens is 425 g/mol. The number of carbonyl (C=O) groups is 3. The summed E-state index contributed by atoms with van der Waals surface area (Å²) in [4.78, 5) is 40.0. The third-order valence-corrected chi connectivity index (χ3v) is 5.72. The average molecular weight is 454 g/mol. The van der Waals surface area contributed by atoms with E-state index in [1.165, 1.54) is 25.3 Å². The maximum Gasteiger partial charge on any atom is 0.256 e. The van der Waals surface area contributed by atoms with Gasteiger partial charge in [-0.2, -0.15) is 0 Å². The van der Waals surface area contributed by atoms with Crippen LogP contribution >= 0.6 is 0 Å². The minimum Gasteiger partial charge on any atom is -0.497 e. The Morgan fingerprint density at radius 3 is 2.58 bits per heavy atom. The summed E-state index contributed by atoms with van der Waals surface area (Å²) >= 11 is 0. The lowest BCUT2D eigenvalue weighted by atomic mass is 9.88. The predicted octanol–water partition coefficient (Wildman–Crippen LogP) is 2.79. The van der Waals surface area contributed by atoms with E-state index in [2.05, 4.69) is 17.2 Å². The van der Waals surface area contributed by atoms with E-state index in [1.54, 1.807) is 41.3 Å². The molecule has 2 aromatic carbocycles. The third-order valence-electron chi connectivity index (χ3n) is 5.72. The molecule has 1 aliphatic heterocycles. The van der Waals surface area contributed by atoms with Gasteiger partial charge in [0.25, 0.3) is 11.8 Å². The molecule has 0 saturated carbocycles. The van der Waals surface area contributed by atoms with Gasteiger partial charge >= 0.3 is 0 Å². The minimum atomic E-state index is -0.783. The minimum absolute atomic E-state index is 0.0301. The number of benzene rings is 2. The van der Waals surface area contributed by atoms with Gasteiger partial charge in [-0.3, -0.25) is 14.4 Å². The fourth-order valence-electron chi connectivity index (χ4n) is 3.91. The van der Waals surface area contributed by atoms with Crippen molar-refractivity contribution in [1.29, 1.82) is 0 Å². The van der Waals surface area contributed by atoms with Gasteiger partial charge < -0.3 is 20.3 Å². The Morgan fingerprint density at radius 1 is 1.18 bits per heavy atom. The second kappa shape index (κ2) is 11.3. The van der Waals surface area contributed by atoms with Crippen LogP contribution in [0.4, 0.5) is 4.39 Å². The average Bonchev–Trinajstić information content (AvgIpc) is 2.85. The normalized spacial score (nSPS) is 14.8. The number of methoxy groups -OCH3 is 1. The molecule has 0 aliphatic carbocycles. The zero-order chi connectivity index (χ0) is 23.8. The fraction of sp³-hybridized carbons (Fsp3) is 0.320. The lowest BCUT2D eigenvalue weighted by molar-refractivity contribution is -0.124. The third kappa shape index (κ3) is 5.97. The molecule has 7 nitrogen and oxygen atoms in total. The molecule has 0 bridgehead atoms. The number of piperidine rings is 1. The van der Waals surface area contributed by atoms with E-state index in [-0.39, 0.29) is 29.8 Å². The van der Waals surface area contributed by atoms with Gasteiger partial charge in [-0.05, 0) is 49.1 Å². The van der Waals surface area contributed by atoms with Gasteiger partial charge in [0.15, 0.2) is 0 Å². The first-order valence-electron chi connectivity index (χ1n) is 10.8. The van der Waals surface area contributed by atoms with Crippen molar-refractivity contribution in [2.75, 3.05) is 26.7 Å². The fourth-order valence-corrected chi connectivity index (χ4v) is 3.91. The SMILES string of the molecule is C=CCNC(=O)[C@@H](NC(=O)c1cccc(OC)c1)C1CCN(C(=O)c2ccccc2F)CC1. The zero-order valence-corrected chi connectivity index (χ0v) is 18.6. The highest BCUT2D eigenvalue weighted by Gasteiger charge is 2.34. The number of rotatable bonds is 8. The summed E-state index contributed by atoms with van der Waals surface area (Å²) in [6.45, 7) is 4.60. The van der Waals surface area contributed by atoms with Crippen molar-refractivity contribution >= 4 is 17.7 Å². The van der Waals surface area contributed by atoms with Gasteiger partial charge in [-0.15, -0.1) is 6.58 Å². The molecule has 0 aromatic heterocycles. The molecule has 1 fully saturated rings. The quantitative estimate of drug-likeness (QED) is 0.602. The van der Waals surface area contributed by atoms with Crippen molar-refractivity contribution in [2.45, 2.75) is 18.9 Å². The second-order valence-corrected chi connectivity index (χ2v) is 7.83. The van der Waals surface area contributed by atoms with Crippen LogP contribution in [-0.4, -0.2) is 55.4 Å². The van der Waals surface area contributed by atoms with E-state index in [1.807, 2.05) is 0 Å². The monoisotopic (exact) mass is 453 g/mol. The number of nitrogens with one attached hydrogen (secondary N) is 2. The van der Waals surface area contributed by atoms with Crippen molar-refractivity contribution in [3.63, 3.8) is 0 Å². The van der Waals surface area contributed by atoms with E-state index >= 15 is 0 Å². The van der Waals surface area contributed by atoms with Gasteiger partial charge in [-0.25, -0.2) is 4.39 Å². The highest BCUT2D eigenvalue weighted by molar-refractivity contribution is 5.98. The lowest BCUT2D eigenvalue weighted by Gasteiger charge is -2.36. The largest absolute Gasteiger partial charge is 0.497 e. The summed E-state index contributed by atoms with van der Waals surface area (Å²) in [5.74, 6) is -1.29. The van der Waals surface area contributed by atoms with Crippen molar-refractivity contribution in [2.24, 2.45) is 5.92 Å². The second-order valence-electron chi connectivity index (χ2n) is 7.83. The van der Waals surface area contributed by atoms with Gasteiger partial charge in [0.1, 0.15) is 17.6 Å². The van der Waals surface area contributed by atoms with Gasteiger partial charge in [0.2, 0.25) is 5.91 Å². The number of amides is 3. The standard InChI is InChI=1S/C25H28FN3O4/c1-3-13-27-24(31)22(28-23(30)18-7-6-8-19(16-18)33-2)17-11-14-29(15-12-17)25(32)20-9-4-5-10-21(20)26/h3-10,16-17,22H,1,11-15H2,2H3,(H,27,31)(H,28,30)/t22-/m0/s1. The zero-order valence-electron chi connectivity index (χ0n) is 18.6. The number of halogens is 1. The van der Waals surface area contributed by atoms with Crippen LogP contribution in [0.15, 0.2) is 61.2 Å². The molecular formula is C25H28FN3O4. The number of hydrogen-bond acceptors (Lipinski definition) is 4. The highest BCUT2D eigenvalue weighted by atomic mass is 19.1. The summed E-state index contributed by atoms with van der Waals surface area (Å²) in [6, 6.07) is 11.8. The number of likely N-dealkylation sites (tertiary alicyclic amines) is 1. The van der Waals surface area contributed by atoms with Gasteiger partial charge in [-0.1, -0.05) is 24.3 Å². The molecule has 0 spiro atoms. The summed E-state index contributed by atoms with van der Waals surface area (Å²) in [7, 11) is 1.51. The van der Waals surface area contributed by atoms with E-state index in [9.17, 15) is 18.8 Å².